The molecule has 0 fully saturated rings. The standard InChI is InChI=1S/C24H23FN4O5S/c1-13(17-11-15(23(26)27)8-10-19(17)30)22(25)24(31)29-18-9-7-14(12-20(18)34-2)16-5-3-4-6-21(16)35(28,32)33/h3-12,30H,1-2H3,(H3,26,27)(H,29,31)(H2,28,32,33)/b22-13+. The smallest absolute Gasteiger partial charge is 0.284 e. The van der Waals surface area contributed by atoms with Gasteiger partial charge in [-0.25, -0.2) is 17.9 Å². The Morgan fingerprint density at radius 2 is 1.80 bits per heavy atom. The molecule has 35 heavy (non-hydrogen) atoms. The van der Waals surface area contributed by atoms with Crippen molar-refractivity contribution < 1.29 is 27.4 Å². The fraction of sp³-hybridized carbons (Fsp3) is 0.0833. The van der Waals surface area contributed by atoms with Gasteiger partial charge in [-0.1, -0.05) is 24.3 Å². The van der Waals surface area contributed by atoms with Gasteiger partial charge in [-0.05, 0) is 48.9 Å². The molecule has 0 heterocycles. The van der Waals surface area contributed by atoms with Crippen molar-refractivity contribution in [3.05, 3.63) is 77.6 Å². The summed E-state index contributed by atoms with van der Waals surface area (Å²) in [5, 5.41) is 25.3. The van der Waals surface area contributed by atoms with E-state index in [1.807, 2.05) is 0 Å². The molecular formula is C24H23FN4O5S. The summed E-state index contributed by atoms with van der Waals surface area (Å²) in [5.41, 5.74) is 6.44. The Balaban J connectivity index is 1.96. The van der Waals surface area contributed by atoms with Crippen molar-refractivity contribution in [2.45, 2.75) is 11.8 Å². The highest BCUT2D eigenvalue weighted by Crippen LogP contribution is 2.35. The maximum atomic E-state index is 15.0. The average molecular weight is 499 g/mol. The van der Waals surface area contributed by atoms with E-state index in [1.165, 1.54) is 62.6 Å². The predicted octanol–water partition coefficient (Wildman–Crippen LogP) is 3.34. The molecule has 0 atom stereocenters. The highest BCUT2D eigenvalue weighted by Gasteiger charge is 2.20. The quantitative estimate of drug-likeness (QED) is 0.190. The van der Waals surface area contributed by atoms with E-state index in [9.17, 15) is 22.7 Å². The number of hydrogen-bond acceptors (Lipinski definition) is 6. The summed E-state index contributed by atoms with van der Waals surface area (Å²) in [6.45, 7) is 1.30. The van der Waals surface area contributed by atoms with Crippen LogP contribution < -0.4 is 20.9 Å². The molecule has 3 aromatic carbocycles. The lowest BCUT2D eigenvalue weighted by atomic mass is 10.0. The normalized spacial score (nSPS) is 12.0. The highest BCUT2D eigenvalue weighted by atomic mass is 32.2. The minimum atomic E-state index is -4.00. The Labute approximate surface area is 201 Å². The number of rotatable bonds is 7. The first-order chi connectivity index (χ1) is 16.4. The van der Waals surface area contributed by atoms with Gasteiger partial charge in [0, 0.05) is 22.3 Å². The van der Waals surface area contributed by atoms with Crippen LogP contribution in [0.25, 0.3) is 16.7 Å². The summed E-state index contributed by atoms with van der Waals surface area (Å²) in [7, 11) is -2.66. The maximum absolute atomic E-state index is 15.0. The minimum absolute atomic E-state index is 0.00673. The molecule has 0 spiro atoms. The van der Waals surface area contributed by atoms with Crippen molar-refractivity contribution in [2.75, 3.05) is 12.4 Å². The van der Waals surface area contributed by atoms with Crippen molar-refractivity contribution in [1.29, 1.82) is 5.41 Å². The number of aromatic hydroxyl groups is 1. The van der Waals surface area contributed by atoms with Gasteiger partial charge in [0.15, 0.2) is 5.83 Å². The topological polar surface area (TPSA) is 169 Å². The molecule has 7 N–H and O–H groups in total. The number of nitrogens with two attached hydrogens (primary N) is 2. The van der Waals surface area contributed by atoms with Crippen molar-refractivity contribution in [2.24, 2.45) is 10.9 Å². The molecule has 0 unspecified atom stereocenters. The number of methoxy groups -OCH3 is 1. The number of anilines is 1. The summed E-state index contributed by atoms with van der Waals surface area (Å²) >= 11 is 0. The summed E-state index contributed by atoms with van der Waals surface area (Å²) < 4.78 is 44.2. The third-order valence-corrected chi connectivity index (χ3v) is 6.16. The fourth-order valence-corrected chi connectivity index (χ4v) is 4.15. The van der Waals surface area contributed by atoms with Gasteiger partial charge >= 0.3 is 0 Å². The number of ether oxygens (including phenoxy) is 1. The zero-order valence-electron chi connectivity index (χ0n) is 18.8. The van der Waals surface area contributed by atoms with E-state index < -0.39 is 21.8 Å². The molecule has 0 aliphatic heterocycles. The summed E-state index contributed by atoms with van der Waals surface area (Å²) in [5.74, 6) is -2.70. The number of amidine groups is 1. The molecule has 0 aliphatic rings. The number of phenols is 1. The Morgan fingerprint density at radius 1 is 1.11 bits per heavy atom. The number of phenolic OH excluding ortho intramolecular Hbond substituents is 1. The Hall–Kier alpha value is -4.22. The predicted molar refractivity (Wildman–Crippen MR) is 131 cm³/mol. The fourth-order valence-electron chi connectivity index (χ4n) is 3.38. The van der Waals surface area contributed by atoms with Gasteiger partial charge in [0.2, 0.25) is 10.0 Å². The molecule has 11 heteroatoms. The van der Waals surface area contributed by atoms with Gasteiger partial charge in [-0.15, -0.1) is 0 Å². The van der Waals surface area contributed by atoms with Gasteiger partial charge in [-0.2, -0.15) is 0 Å². The number of nitrogen functional groups attached to an aromatic ring is 1. The number of amides is 1. The van der Waals surface area contributed by atoms with Crippen LogP contribution in [0.2, 0.25) is 0 Å². The molecule has 0 bridgehead atoms. The first kappa shape index (κ1) is 25.4. The van der Waals surface area contributed by atoms with Gasteiger partial charge in [0.05, 0.1) is 17.7 Å². The van der Waals surface area contributed by atoms with Crippen LogP contribution in [0.1, 0.15) is 18.1 Å². The van der Waals surface area contributed by atoms with E-state index in [0.29, 0.717) is 11.1 Å². The van der Waals surface area contributed by atoms with E-state index in [0.717, 1.165) is 0 Å². The number of carbonyl (C=O) groups excluding carboxylic acids is 1. The molecule has 0 saturated carbocycles. The molecule has 0 radical (unpaired) electrons. The van der Waals surface area contributed by atoms with E-state index in [1.54, 1.807) is 12.1 Å². The first-order valence-electron chi connectivity index (χ1n) is 10.1. The maximum Gasteiger partial charge on any atom is 0.284 e. The Bertz CT molecular complexity index is 1470. The number of halogens is 1. The third kappa shape index (κ3) is 5.48. The van der Waals surface area contributed by atoms with Crippen LogP contribution in [0.3, 0.4) is 0 Å². The second-order valence-electron chi connectivity index (χ2n) is 7.49. The zero-order valence-corrected chi connectivity index (χ0v) is 19.6. The first-order valence-corrected chi connectivity index (χ1v) is 11.6. The van der Waals surface area contributed by atoms with Crippen molar-refractivity contribution >= 4 is 33.0 Å². The molecule has 1 amide bonds. The lowest BCUT2D eigenvalue weighted by molar-refractivity contribution is -0.114. The summed E-state index contributed by atoms with van der Waals surface area (Å²) in [6.07, 6.45) is 0. The summed E-state index contributed by atoms with van der Waals surface area (Å²) in [6, 6.07) is 14.5. The minimum Gasteiger partial charge on any atom is -0.507 e. The Kier molecular flexibility index (Phi) is 7.22. The van der Waals surface area contributed by atoms with Gasteiger partial charge < -0.3 is 20.9 Å². The largest absolute Gasteiger partial charge is 0.507 e. The van der Waals surface area contributed by atoms with Crippen LogP contribution in [0.5, 0.6) is 11.5 Å². The van der Waals surface area contributed by atoms with Crippen LogP contribution in [-0.2, 0) is 14.8 Å². The molecule has 0 aliphatic carbocycles. The number of hydrogen-bond donors (Lipinski definition) is 5. The molecule has 0 saturated heterocycles. The van der Waals surface area contributed by atoms with E-state index in [4.69, 9.17) is 21.0 Å². The van der Waals surface area contributed by atoms with Crippen LogP contribution in [0.4, 0.5) is 10.1 Å². The molecule has 3 rings (SSSR count). The average Bonchev–Trinajstić information content (AvgIpc) is 2.82. The Morgan fingerprint density at radius 3 is 2.43 bits per heavy atom. The number of primary sulfonamides is 1. The number of allylic oxidation sites excluding steroid dienone is 1. The van der Waals surface area contributed by atoms with Crippen LogP contribution >= 0.6 is 0 Å². The molecule has 3 aromatic rings. The second kappa shape index (κ2) is 9.95. The van der Waals surface area contributed by atoms with E-state index in [2.05, 4.69) is 5.32 Å². The molecular weight excluding hydrogens is 475 g/mol. The monoisotopic (exact) mass is 498 g/mol. The van der Waals surface area contributed by atoms with E-state index >= 15 is 0 Å². The van der Waals surface area contributed by atoms with Crippen molar-refractivity contribution in [3.63, 3.8) is 0 Å². The number of carbonyl (C=O) groups is 1. The zero-order chi connectivity index (χ0) is 25.9. The van der Waals surface area contributed by atoms with Gasteiger partial charge in [-0.3, -0.25) is 10.2 Å². The molecule has 0 aromatic heterocycles. The third-order valence-electron chi connectivity index (χ3n) is 5.19. The van der Waals surface area contributed by atoms with Crippen molar-refractivity contribution in [3.8, 4) is 22.6 Å². The van der Waals surface area contributed by atoms with Gasteiger partial charge in [0.25, 0.3) is 5.91 Å². The lowest BCUT2D eigenvalue weighted by Gasteiger charge is -2.14. The molecule has 182 valence electrons. The summed E-state index contributed by atoms with van der Waals surface area (Å²) in [4.78, 5) is 12.5. The highest BCUT2D eigenvalue weighted by molar-refractivity contribution is 7.89. The molecule has 9 nitrogen and oxygen atoms in total. The second-order valence-corrected chi connectivity index (χ2v) is 9.02. The van der Waals surface area contributed by atoms with E-state index in [-0.39, 0.29) is 44.6 Å². The van der Waals surface area contributed by atoms with Crippen LogP contribution in [0.15, 0.2) is 71.4 Å². The van der Waals surface area contributed by atoms with Crippen LogP contribution in [-0.4, -0.2) is 32.4 Å². The van der Waals surface area contributed by atoms with Gasteiger partial charge in [0.1, 0.15) is 17.3 Å². The number of sulfonamides is 1. The SMILES string of the molecule is COc1cc(-c2ccccc2S(N)(=O)=O)ccc1NC(=O)/C(F)=C(/C)c1cc(C(=N)N)ccc1O. The number of nitrogens with one attached hydrogen (secondary N) is 2. The van der Waals surface area contributed by atoms with Crippen LogP contribution in [0, 0.1) is 5.41 Å². The number of benzene rings is 3. The lowest BCUT2D eigenvalue weighted by Crippen LogP contribution is -2.15. The van der Waals surface area contributed by atoms with Crippen molar-refractivity contribution in [1.82, 2.24) is 0 Å².